The summed E-state index contributed by atoms with van der Waals surface area (Å²) in [6, 6.07) is 8.69. The molecule has 1 fully saturated rings. The molecule has 0 atom stereocenters. The van der Waals surface area contributed by atoms with Crippen LogP contribution in [-0.4, -0.2) is 79.9 Å². The van der Waals surface area contributed by atoms with Crippen LogP contribution < -0.4 is 5.32 Å². The summed E-state index contributed by atoms with van der Waals surface area (Å²) in [6.45, 7) is 13.6. The van der Waals surface area contributed by atoms with Crippen LogP contribution in [0, 0.1) is 6.92 Å². The second-order valence-corrected chi connectivity index (χ2v) is 7.49. The second kappa shape index (κ2) is 12.1. The molecular weight excluding hydrogens is 465 g/mol. The highest BCUT2D eigenvalue weighted by Gasteiger charge is 2.20. The average molecular weight is 499 g/mol. The maximum Gasteiger partial charge on any atom is 0.243 e. The Labute approximate surface area is 186 Å². The standard InChI is InChI=1S/C21H33N5O.HI/c1-17(2)14-22-21(23-15-20(27)24(4)5)26-11-9-25(10-12-26)16-19-8-6-7-18(3)13-19;/h6-8,13H,1,9-12,14-16H2,2-5H3,(H,22,23);1H. The third-order valence-corrected chi connectivity index (χ3v) is 4.57. The normalized spacial score (nSPS) is 15.0. The molecule has 0 aliphatic carbocycles. The van der Waals surface area contributed by atoms with Gasteiger partial charge < -0.3 is 15.1 Å². The molecule has 1 aromatic carbocycles. The fourth-order valence-electron chi connectivity index (χ4n) is 2.97. The molecule has 156 valence electrons. The zero-order chi connectivity index (χ0) is 19.8. The van der Waals surface area contributed by atoms with Crippen molar-refractivity contribution in [3.8, 4) is 0 Å². The van der Waals surface area contributed by atoms with Crippen LogP contribution in [0.15, 0.2) is 41.4 Å². The molecule has 28 heavy (non-hydrogen) atoms. The van der Waals surface area contributed by atoms with E-state index in [-0.39, 0.29) is 36.4 Å². The predicted molar refractivity (Wildman–Crippen MR) is 127 cm³/mol. The van der Waals surface area contributed by atoms with E-state index < -0.39 is 0 Å². The van der Waals surface area contributed by atoms with E-state index in [4.69, 9.17) is 0 Å². The number of nitrogens with one attached hydrogen (secondary N) is 1. The molecule has 0 spiro atoms. The minimum atomic E-state index is 0. The molecule has 2 rings (SSSR count). The lowest BCUT2D eigenvalue weighted by atomic mass is 10.1. The highest BCUT2D eigenvalue weighted by Crippen LogP contribution is 2.10. The van der Waals surface area contributed by atoms with Crippen LogP contribution in [0.25, 0.3) is 0 Å². The quantitative estimate of drug-likeness (QED) is 0.283. The lowest BCUT2D eigenvalue weighted by Crippen LogP contribution is -2.52. The van der Waals surface area contributed by atoms with Gasteiger partial charge in [0, 0.05) is 53.4 Å². The zero-order valence-electron chi connectivity index (χ0n) is 17.6. The van der Waals surface area contributed by atoms with E-state index >= 15 is 0 Å². The van der Waals surface area contributed by atoms with Crippen LogP contribution in [0.2, 0.25) is 0 Å². The van der Waals surface area contributed by atoms with Crippen LogP contribution in [0.4, 0.5) is 0 Å². The Kier molecular flexibility index (Phi) is 10.5. The molecule has 0 aromatic heterocycles. The number of aryl methyl sites for hydroxylation is 1. The van der Waals surface area contributed by atoms with E-state index in [9.17, 15) is 4.79 Å². The molecule has 0 bridgehead atoms. The fourth-order valence-corrected chi connectivity index (χ4v) is 2.97. The maximum atomic E-state index is 11.9. The van der Waals surface area contributed by atoms with Crippen molar-refractivity contribution in [1.82, 2.24) is 20.0 Å². The van der Waals surface area contributed by atoms with Gasteiger partial charge in [0.15, 0.2) is 5.96 Å². The van der Waals surface area contributed by atoms with Gasteiger partial charge in [-0.1, -0.05) is 42.0 Å². The van der Waals surface area contributed by atoms with Crippen LogP contribution in [-0.2, 0) is 11.3 Å². The molecule has 1 saturated heterocycles. The number of hydrogen-bond acceptors (Lipinski definition) is 3. The van der Waals surface area contributed by atoms with E-state index in [0.29, 0.717) is 6.54 Å². The zero-order valence-corrected chi connectivity index (χ0v) is 19.9. The van der Waals surface area contributed by atoms with Gasteiger partial charge >= 0.3 is 0 Å². The van der Waals surface area contributed by atoms with Crippen LogP contribution in [0.5, 0.6) is 0 Å². The molecule has 6 nitrogen and oxygen atoms in total. The topological polar surface area (TPSA) is 51.2 Å². The first kappa shape index (κ1) is 24.4. The van der Waals surface area contributed by atoms with Crippen molar-refractivity contribution < 1.29 is 4.79 Å². The molecule has 1 aromatic rings. The van der Waals surface area contributed by atoms with E-state index in [0.717, 1.165) is 44.3 Å². The summed E-state index contributed by atoms with van der Waals surface area (Å²) < 4.78 is 0. The van der Waals surface area contributed by atoms with E-state index in [1.165, 1.54) is 11.1 Å². The minimum Gasteiger partial charge on any atom is -0.353 e. The number of benzene rings is 1. The Bertz CT molecular complexity index is 681. The smallest absolute Gasteiger partial charge is 0.243 e. The Balaban J connectivity index is 0.00000392. The van der Waals surface area contributed by atoms with Gasteiger partial charge in [-0.15, -0.1) is 24.0 Å². The lowest BCUT2D eigenvalue weighted by molar-refractivity contribution is -0.127. The largest absolute Gasteiger partial charge is 0.353 e. The summed E-state index contributed by atoms with van der Waals surface area (Å²) in [4.78, 5) is 22.7. The summed E-state index contributed by atoms with van der Waals surface area (Å²) in [6.07, 6.45) is 0. The molecule has 0 unspecified atom stereocenters. The molecule has 1 N–H and O–H groups in total. The van der Waals surface area contributed by atoms with Gasteiger partial charge in [-0.05, 0) is 19.4 Å². The summed E-state index contributed by atoms with van der Waals surface area (Å²) >= 11 is 0. The number of rotatable bonds is 6. The third-order valence-electron chi connectivity index (χ3n) is 4.57. The number of amides is 1. The Morgan fingerprint density at radius 3 is 2.50 bits per heavy atom. The van der Waals surface area contributed by atoms with Gasteiger partial charge in [0.05, 0.1) is 0 Å². The summed E-state index contributed by atoms with van der Waals surface area (Å²) in [5.41, 5.74) is 3.70. The highest BCUT2D eigenvalue weighted by molar-refractivity contribution is 14.0. The van der Waals surface area contributed by atoms with E-state index in [1.54, 1.807) is 19.0 Å². The summed E-state index contributed by atoms with van der Waals surface area (Å²) in [7, 11) is 3.51. The van der Waals surface area contributed by atoms with Gasteiger partial charge in [-0.3, -0.25) is 9.69 Å². The number of halogens is 1. The van der Waals surface area contributed by atoms with Gasteiger partial charge in [0.25, 0.3) is 0 Å². The molecular formula is C21H34IN5O. The number of piperazine rings is 1. The van der Waals surface area contributed by atoms with Gasteiger partial charge in [-0.2, -0.15) is 0 Å². The van der Waals surface area contributed by atoms with Crippen LogP contribution >= 0.6 is 24.0 Å². The molecule has 0 saturated carbocycles. The summed E-state index contributed by atoms with van der Waals surface area (Å²) in [5.74, 6) is 0.797. The number of carbonyl (C=O) groups excluding carboxylic acids is 1. The number of likely N-dealkylation sites (N-methyl/N-ethyl adjacent to an activating group) is 1. The molecule has 1 amide bonds. The summed E-state index contributed by atoms with van der Waals surface area (Å²) in [5, 5.41) is 3.34. The molecule has 7 heteroatoms. The number of guanidine groups is 1. The fraction of sp³-hybridized carbons (Fsp3) is 0.524. The first-order valence-corrected chi connectivity index (χ1v) is 9.51. The number of nitrogens with zero attached hydrogens (tertiary/aromatic N) is 4. The first-order valence-electron chi connectivity index (χ1n) is 9.51. The number of aliphatic imine (C=N–C) groups is 1. The average Bonchev–Trinajstić information content (AvgIpc) is 2.62. The molecule has 1 heterocycles. The molecule has 1 aliphatic heterocycles. The molecule has 0 radical (unpaired) electrons. The van der Waals surface area contributed by atoms with Crippen LogP contribution in [0.3, 0.4) is 0 Å². The SMILES string of the molecule is C=C(C)CNC(=NCC(=O)N(C)C)N1CCN(Cc2cccc(C)c2)CC1.I. The lowest BCUT2D eigenvalue weighted by Gasteiger charge is -2.36. The van der Waals surface area contributed by atoms with Crippen molar-refractivity contribution in [2.24, 2.45) is 4.99 Å². The first-order chi connectivity index (χ1) is 12.8. The number of hydrogen-bond donors (Lipinski definition) is 1. The Hall–Kier alpha value is -1.61. The van der Waals surface area contributed by atoms with Crippen molar-refractivity contribution in [3.63, 3.8) is 0 Å². The van der Waals surface area contributed by atoms with Crippen molar-refractivity contribution in [1.29, 1.82) is 0 Å². The Morgan fingerprint density at radius 2 is 1.93 bits per heavy atom. The number of carbonyl (C=O) groups is 1. The molecule has 1 aliphatic rings. The van der Waals surface area contributed by atoms with Gasteiger partial charge in [-0.25, -0.2) is 4.99 Å². The second-order valence-electron chi connectivity index (χ2n) is 7.49. The van der Waals surface area contributed by atoms with E-state index in [1.807, 2.05) is 6.92 Å². The van der Waals surface area contributed by atoms with Crippen molar-refractivity contribution in [3.05, 3.63) is 47.5 Å². The van der Waals surface area contributed by atoms with Crippen molar-refractivity contribution >= 4 is 35.8 Å². The monoisotopic (exact) mass is 499 g/mol. The van der Waals surface area contributed by atoms with Gasteiger partial charge in [0.1, 0.15) is 6.54 Å². The Morgan fingerprint density at radius 1 is 1.25 bits per heavy atom. The third kappa shape index (κ3) is 8.18. The predicted octanol–water partition coefficient (Wildman–Crippen LogP) is 2.34. The van der Waals surface area contributed by atoms with Crippen molar-refractivity contribution in [2.75, 3.05) is 53.4 Å². The van der Waals surface area contributed by atoms with Crippen molar-refractivity contribution in [2.45, 2.75) is 20.4 Å². The minimum absolute atomic E-state index is 0. The van der Waals surface area contributed by atoms with E-state index in [2.05, 4.69) is 57.9 Å². The van der Waals surface area contributed by atoms with Gasteiger partial charge in [0.2, 0.25) is 5.91 Å². The highest BCUT2D eigenvalue weighted by atomic mass is 127. The van der Waals surface area contributed by atoms with Crippen LogP contribution in [0.1, 0.15) is 18.1 Å². The maximum absolute atomic E-state index is 11.9.